The van der Waals surface area contributed by atoms with E-state index in [-0.39, 0.29) is 0 Å². The number of benzene rings is 2. The van der Waals surface area contributed by atoms with Gasteiger partial charge in [0.05, 0.1) is 13.7 Å². The van der Waals surface area contributed by atoms with Crippen molar-refractivity contribution >= 4 is 15.9 Å². The van der Waals surface area contributed by atoms with Crippen LogP contribution in [0.4, 0.5) is 0 Å². The van der Waals surface area contributed by atoms with Gasteiger partial charge in [-0.2, -0.15) is 0 Å². The van der Waals surface area contributed by atoms with Crippen LogP contribution >= 0.6 is 15.9 Å². The Morgan fingerprint density at radius 1 is 1.15 bits per heavy atom. The summed E-state index contributed by atoms with van der Waals surface area (Å²) in [5, 5.41) is 0.819. The molecule has 0 amide bonds. The van der Waals surface area contributed by atoms with Gasteiger partial charge in [-0.25, -0.2) is 0 Å². The number of ether oxygens (including phenoxy) is 2. The summed E-state index contributed by atoms with van der Waals surface area (Å²) in [6, 6.07) is 14.6. The molecule has 1 aliphatic rings. The molecule has 0 heterocycles. The van der Waals surface area contributed by atoms with Gasteiger partial charge in [-0.3, -0.25) is 0 Å². The summed E-state index contributed by atoms with van der Waals surface area (Å²) in [6.07, 6.45) is 1.11. The minimum Gasteiger partial charge on any atom is -0.493 e. The normalized spacial score (nSPS) is 16.2. The maximum absolute atomic E-state index is 5.95. The van der Waals surface area contributed by atoms with Gasteiger partial charge >= 0.3 is 0 Å². The Labute approximate surface area is 127 Å². The first kappa shape index (κ1) is 13.5. The second-order valence-electron chi connectivity index (χ2n) is 5.03. The highest BCUT2D eigenvalue weighted by Gasteiger charge is 2.26. The third-order valence-corrected chi connectivity index (χ3v) is 4.43. The van der Waals surface area contributed by atoms with Crippen LogP contribution < -0.4 is 9.47 Å². The van der Waals surface area contributed by atoms with Crippen molar-refractivity contribution in [2.45, 2.75) is 17.7 Å². The van der Waals surface area contributed by atoms with Crippen LogP contribution in [-0.4, -0.2) is 13.7 Å². The molecule has 0 bridgehead atoms. The summed E-state index contributed by atoms with van der Waals surface area (Å²) >= 11 is 3.45. The maximum Gasteiger partial charge on any atom is 0.161 e. The molecule has 104 valence electrons. The van der Waals surface area contributed by atoms with Crippen molar-refractivity contribution in [1.29, 1.82) is 0 Å². The highest BCUT2D eigenvalue weighted by Crippen LogP contribution is 2.36. The van der Waals surface area contributed by atoms with Crippen molar-refractivity contribution in [2.24, 2.45) is 0 Å². The summed E-state index contributed by atoms with van der Waals surface area (Å²) in [7, 11) is 1.68. The van der Waals surface area contributed by atoms with Gasteiger partial charge in [-0.1, -0.05) is 46.3 Å². The Kier molecular flexibility index (Phi) is 3.97. The van der Waals surface area contributed by atoms with Crippen LogP contribution in [0.2, 0.25) is 0 Å². The van der Waals surface area contributed by atoms with Crippen molar-refractivity contribution in [1.82, 2.24) is 0 Å². The fourth-order valence-electron chi connectivity index (χ4n) is 2.62. The molecule has 1 atom stereocenters. The highest BCUT2D eigenvalue weighted by molar-refractivity contribution is 9.08. The summed E-state index contributed by atoms with van der Waals surface area (Å²) < 4.78 is 11.3. The van der Waals surface area contributed by atoms with Gasteiger partial charge in [0.1, 0.15) is 0 Å². The van der Waals surface area contributed by atoms with Gasteiger partial charge < -0.3 is 9.47 Å². The fourth-order valence-corrected chi connectivity index (χ4v) is 2.96. The molecule has 20 heavy (non-hydrogen) atoms. The molecular weight excluding hydrogens is 316 g/mol. The first-order chi connectivity index (χ1) is 9.81. The van der Waals surface area contributed by atoms with Gasteiger partial charge in [-0.15, -0.1) is 0 Å². The third kappa shape index (κ3) is 2.55. The standard InChI is InChI=1S/C17H17BrO2/c1-19-17-8-12(10-18)6-7-16(17)20-11-14-9-13-4-2-3-5-15(13)14/h2-8,14H,9-11H2,1H3. The predicted molar refractivity (Wildman–Crippen MR) is 84.0 cm³/mol. The number of hydrogen-bond acceptors (Lipinski definition) is 2. The van der Waals surface area contributed by atoms with Crippen molar-refractivity contribution in [3.05, 3.63) is 59.2 Å². The van der Waals surface area contributed by atoms with E-state index in [0.717, 1.165) is 23.2 Å². The molecule has 0 N–H and O–H groups in total. The van der Waals surface area contributed by atoms with E-state index in [0.29, 0.717) is 12.5 Å². The van der Waals surface area contributed by atoms with Gasteiger partial charge in [-0.05, 0) is 35.2 Å². The molecule has 2 aromatic carbocycles. The van der Waals surface area contributed by atoms with E-state index in [1.54, 1.807) is 7.11 Å². The number of alkyl halides is 1. The molecule has 3 heteroatoms. The SMILES string of the molecule is COc1cc(CBr)ccc1OCC1Cc2ccccc21. The third-order valence-electron chi connectivity index (χ3n) is 3.78. The molecular formula is C17H17BrO2. The van der Waals surface area contributed by atoms with Gasteiger partial charge in [0.25, 0.3) is 0 Å². The van der Waals surface area contributed by atoms with E-state index in [1.165, 1.54) is 16.7 Å². The Balaban J connectivity index is 1.68. The zero-order chi connectivity index (χ0) is 13.9. The lowest BCUT2D eigenvalue weighted by atomic mass is 9.78. The van der Waals surface area contributed by atoms with E-state index in [4.69, 9.17) is 9.47 Å². The molecule has 0 fully saturated rings. The summed E-state index contributed by atoms with van der Waals surface area (Å²) in [4.78, 5) is 0. The molecule has 2 aromatic rings. The highest BCUT2D eigenvalue weighted by atomic mass is 79.9. The van der Waals surface area contributed by atoms with Crippen LogP contribution in [0.1, 0.15) is 22.6 Å². The van der Waals surface area contributed by atoms with Crippen LogP contribution in [0.5, 0.6) is 11.5 Å². The maximum atomic E-state index is 5.95. The van der Waals surface area contributed by atoms with Crippen molar-refractivity contribution < 1.29 is 9.47 Å². The van der Waals surface area contributed by atoms with E-state index < -0.39 is 0 Å². The summed E-state index contributed by atoms with van der Waals surface area (Å²) in [5.74, 6) is 2.13. The Bertz CT molecular complexity index is 610. The molecule has 3 rings (SSSR count). The first-order valence-electron chi connectivity index (χ1n) is 6.75. The molecule has 1 aliphatic carbocycles. The molecule has 0 saturated carbocycles. The monoisotopic (exact) mass is 332 g/mol. The molecule has 1 unspecified atom stereocenters. The minimum absolute atomic E-state index is 0.506. The first-order valence-corrected chi connectivity index (χ1v) is 7.87. The van der Waals surface area contributed by atoms with Gasteiger partial charge in [0, 0.05) is 11.2 Å². The summed E-state index contributed by atoms with van der Waals surface area (Å²) in [6.45, 7) is 0.709. The Morgan fingerprint density at radius 3 is 2.75 bits per heavy atom. The Hall–Kier alpha value is -1.48. The zero-order valence-electron chi connectivity index (χ0n) is 11.4. The van der Waals surface area contributed by atoms with E-state index in [9.17, 15) is 0 Å². The largest absolute Gasteiger partial charge is 0.493 e. The topological polar surface area (TPSA) is 18.5 Å². The number of hydrogen-bond donors (Lipinski definition) is 0. The number of halogens is 1. The lowest BCUT2D eigenvalue weighted by Crippen LogP contribution is -2.23. The van der Waals surface area contributed by atoms with E-state index in [2.05, 4.69) is 46.3 Å². The lowest BCUT2D eigenvalue weighted by Gasteiger charge is -2.30. The van der Waals surface area contributed by atoms with E-state index >= 15 is 0 Å². The zero-order valence-corrected chi connectivity index (χ0v) is 13.0. The smallest absolute Gasteiger partial charge is 0.161 e. The molecule has 0 aliphatic heterocycles. The number of fused-ring (bicyclic) bond motifs is 1. The molecule has 0 radical (unpaired) electrons. The second kappa shape index (κ2) is 5.88. The van der Waals surface area contributed by atoms with Crippen LogP contribution in [0, 0.1) is 0 Å². The van der Waals surface area contributed by atoms with Crippen molar-refractivity contribution in [2.75, 3.05) is 13.7 Å². The number of methoxy groups -OCH3 is 1. The molecule has 0 spiro atoms. The van der Waals surface area contributed by atoms with Crippen LogP contribution in [0.3, 0.4) is 0 Å². The fraction of sp³-hybridized carbons (Fsp3) is 0.294. The minimum atomic E-state index is 0.506. The summed E-state index contributed by atoms with van der Waals surface area (Å²) in [5.41, 5.74) is 4.05. The predicted octanol–water partition coefficient (Wildman–Crippen LogP) is 4.31. The van der Waals surface area contributed by atoms with Gasteiger partial charge in [0.2, 0.25) is 0 Å². The van der Waals surface area contributed by atoms with E-state index in [1.807, 2.05) is 12.1 Å². The molecule has 2 nitrogen and oxygen atoms in total. The van der Waals surface area contributed by atoms with Crippen molar-refractivity contribution in [3.63, 3.8) is 0 Å². The van der Waals surface area contributed by atoms with Crippen LogP contribution in [0.15, 0.2) is 42.5 Å². The van der Waals surface area contributed by atoms with Crippen LogP contribution in [0.25, 0.3) is 0 Å². The quantitative estimate of drug-likeness (QED) is 0.759. The lowest BCUT2D eigenvalue weighted by molar-refractivity contribution is 0.261. The average molecular weight is 333 g/mol. The molecule has 0 aromatic heterocycles. The van der Waals surface area contributed by atoms with Crippen molar-refractivity contribution in [3.8, 4) is 11.5 Å². The Morgan fingerprint density at radius 2 is 2.00 bits per heavy atom. The second-order valence-corrected chi connectivity index (χ2v) is 5.59. The van der Waals surface area contributed by atoms with Gasteiger partial charge in [0.15, 0.2) is 11.5 Å². The average Bonchev–Trinajstić information content (AvgIpc) is 2.48. The van der Waals surface area contributed by atoms with Crippen LogP contribution in [-0.2, 0) is 11.8 Å². The number of rotatable bonds is 5. The molecule has 0 saturated heterocycles.